The Morgan fingerprint density at radius 3 is 1.25 bits per heavy atom. The van der Waals surface area contributed by atoms with E-state index in [1.807, 2.05) is 4.74 Å². The molecule has 0 aliphatic rings. The van der Waals surface area contributed by atoms with Crippen LogP contribution in [0.5, 0.6) is 0 Å². The second-order valence-corrected chi connectivity index (χ2v) is 3.05. The van der Waals surface area contributed by atoms with E-state index in [9.17, 15) is 48.3 Å². The molecule has 0 unspecified atom stereocenters. The molecule has 0 aliphatic heterocycles. The fourth-order valence-corrected chi connectivity index (χ4v) is 0.557. The number of aliphatic hydroxyl groups is 1. The number of hydrogen-bond donors (Lipinski definition) is 1. The fraction of sp³-hybridized carbons (Fsp3) is 1.00. The first-order valence-corrected chi connectivity index (χ1v) is 4.07. The lowest BCUT2D eigenvalue weighted by molar-refractivity contribution is -0.537. The lowest BCUT2D eigenvalue weighted by atomic mass is 10.5. The fourth-order valence-electron chi connectivity index (χ4n) is 0.557. The average Bonchev–Trinajstić information content (AvgIpc) is 2.12. The quantitative estimate of drug-likeness (QED) is 0.760. The minimum absolute atomic E-state index is 1.56. The summed E-state index contributed by atoms with van der Waals surface area (Å²) in [6, 6.07) is 0. The van der Waals surface area contributed by atoms with Gasteiger partial charge in [0.05, 0.1) is 0 Å². The van der Waals surface area contributed by atoms with Gasteiger partial charge in [-0.3, -0.25) is 0 Å². The maximum absolute atomic E-state index is 12.4. The van der Waals surface area contributed by atoms with Gasteiger partial charge in [-0.1, -0.05) is 0 Å². The largest absolute Gasteiger partial charge is 0.483 e. The first kappa shape index (κ1) is 19.1. The minimum Gasteiger partial charge on any atom is -0.387 e. The Kier molecular flexibility index (Phi) is 4.91. The molecular weight excluding hydrogens is 329 g/mol. The highest BCUT2D eigenvalue weighted by Crippen LogP contribution is 2.47. The molecule has 0 heterocycles. The minimum atomic E-state index is -6.81. The van der Waals surface area contributed by atoms with Crippen LogP contribution in [0.15, 0.2) is 0 Å². The molecule has 0 aliphatic carbocycles. The van der Waals surface area contributed by atoms with Crippen LogP contribution in [0.25, 0.3) is 0 Å². The highest BCUT2D eigenvalue weighted by atomic mass is 19.4. The summed E-state index contributed by atoms with van der Waals surface area (Å²) in [5.41, 5.74) is 0. The predicted molar refractivity (Wildman–Crippen MR) is 35.1 cm³/mol. The van der Waals surface area contributed by atoms with Crippen LogP contribution in [0.1, 0.15) is 0 Å². The molecule has 0 atom stereocenters. The summed E-state index contributed by atoms with van der Waals surface area (Å²) < 4.78 is 136. The third-order valence-electron chi connectivity index (χ3n) is 1.39. The molecular formula is C6H3F11O3. The first-order chi connectivity index (χ1) is 8.47. The number of alkyl halides is 11. The zero-order valence-corrected chi connectivity index (χ0v) is 8.63. The lowest BCUT2D eigenvalue weighted by Crippen LogP contribution is -2.55. The third-order valence-corrected chi connectivity index (χ3v) is 1.39. The molecule has 3 nitrogen and oxygen atoms in total. The Labute approximate surface area is 101 Å². The molecule has 0 amide bonds. The summed E-state index contributed by atoms with van der Waals surface area (Å²) in [4.78, 5) is 0. The van der Waals surface area contributed by atoms with Gasteiger partial charge in [-0.15, -0.1) is 0 Å². The van der Waals surface area contributed by atoms with Gasteiger partial charge >= 0.3 is 30.6 Å². The molecule has 0 aromatic carbocycles. The number of ether oxygens (including phenoxy) is 2. The van der Waals surface area contributed by atoms with Crippen LogP contribution in [0.2, 0.25) is 0 Å². The zero-order valence-electron chi connectivity index (χ0n) is 8.63. The van der Waals surface area contributed by atoms with Crippen molar-refractivity contribution in [1.82, 2.24) is 0 Å². The summed E-state index contributed by atoms with van der Waals surface area (Å²) in [6.45, 7) is -2.58. The van der Waals surface area contributed by atoms with Crippen molar-refractivity contribution in [2.24, 2.45) is 0 Å². The third kappa shape index (κ3) is 4.31. The Morgan fingerprint density at radius 2 is 0.950 bits per heavy atom. The van der Waals surface area contributed by atoms with Gasteiger partial charge in [0, 0.05) is 0 Å². The Hall–Kier alpha value is -0.890. The maximum Gasteiger partial charge on any atom is 0.483 e. The van der Waals surface area contributed by atoms with E-state index in [0.717, 1.165) is 0 Å². The van der Waals surface area contributed by atoms with Gasteiger partial charge in [0.15, 0.2) is 0 Å². The van der Waals surface area contributed by atoms with E-state index in [1.54, 1.807) is 4.74 Å². The number of hydrogen-bond acceptors (Lipinski definition) is 3. The lowest BCUT2D eigenvalue weighted by Gasteiger charge is -2.31. The van der Waals surface area contributed by atoms with Crippen molar-refractivity contribution in [3.05, 3.63) is 0 Å². The summed E-state index contributed by atoms with van der Waals surface area (Å²) in [6.07, 6.45) is -32.3. The normalized spacial score (nSPS) is 15.6. The van der Waals surface area contributed by atoms with Crippen LogP contribution in [0.4, 0.5) is 48.3 Å². The molecule has 0 spiro atoms. The standard InChI is InChI=1S/C6H3F11O3/c7-2(8,1-18)19-5(14,15)6(16,17)20-4(12,13)3(9,10)11/h18H,1H2. The van der Waals surface area contributed by atoms with E-state index >= 15 is 0 Å². The zero-order chi connectivity index (χ0) is 16.6. The topological polar surface area (TPSA) is 38.7 Å². The molecule has 0 saturated heterocycles. The first-order valence-electron chi connectivity index (χ1n) is 4.07. The molecule has 20 heavy (non-hydrogen) atoms. The summed E-state index contributed by atoms with van der Waals surface area (Å²) >= 11 is 0. The van der Waals surface area contributed by atoms with Crippen molar-refractivity contribution in [1.29, 1.82) is 0 Å². The maximum atomic E-state index is 12.4. The van der Waals surface area contributed by atoms with Crippen LogP contribution in [0, 0.1) is 0 Å². The Morgan fingerprint density at radius 1 is 0.600 bits per heavy atom. The van der Waals surface area contributed by atoms with Gasteiger partial charge < -0.3 is 5.11 Å². The highest BCUT2D eigenvalue weighted by Gasteiger charge is 2.72. The number of rotatable bonds is 6. The SMILES string of the molecule is OCC(F)(F)OC(F)(F)C(F)(F)OC(F)(F)C(F)(F)F. The summed E-state index contributed by atoms with van der Waals surface area (Å²) in [7, 11) is 0. The van der Waals surface area contributed by atoms with Crippen molar-refractivity contribution in [2.75, 3.05) is 6.61 Å². The highest BCUT2D eigenvalue weighted by molar-refractivity contribution is 4.74. The van der Waals surface area contributed by atoms with E-state index < -0.39 is 37.2 Å². The van der Waals surface area contributed by atoms with E-state index in [4.69, 9.17) is 5.11 Å². The van der Waals surface area contributed by atoms with Gasteiger partial charge in [-0.05, 0) is 0 Å². The van der Waals surface area contributed by atoms with Gasteiger partial charge in [-0.25, -0.2) is 9.47 Å². The molecule has 0 saturated carbocycles. The van der Waals surface area contributed by atoms with E-state index in [-0.39, 0.29) is 0 Å². The van der Waals surface area contributed by atoms with Crippen LogP contribution in [-0.2, 0) is 9.47 Å². The molecule has 0 fully saturated rings. The number of aliphatic hydroxyl groups excluding tert-OH is 1. The van der Waals surface area contributed by atoms with E-state index in [0.29, 0.717) is 0 Å². The van der Waals surface area contributed by atoms with Crippen LogP contribution >= 0.6 is 0 Å². The van der Waals surface area contributed by atoms with Gasteiger partial charge in [0.2, 0.25) is 0 Å². The van der Waals surface area contributed by atoms with Crippen molar-refractivity contribution in [3.63, 3.8) is 0 Å². The second kappa shape index (κ2) is 5.14. The molecule has 122 valence electrons. The second-order valence-electron chi connectivity index (χ2n) is 3.05. The van der Waals surface area contributed by atoms with E-state index in [1.165, 1.54) is 0 Å². The van der Waals surface area contributed by atoms with Gasteiger partial charge in [-0.2, -0.15) is 48.3 Å². The van der Waals surface area contributed by atoms with Gasteiger partial charge in [0.1, 0.15) is 6.61 Å². The number of halogens is 11. The van der Waals surface area contributed by atoms with Crippen LogP contribution in [-0.4, -0.2) is 42.3 Å². The molecule has 1 N–H and O–H groups in total. The van der Waals surface area contributed by atoms with Gasteiger partial charge in [0.25, 0.3) is 0 Å². The summed E-state index contributed by atoms with van der Waals surface area (Å²) in [5.74, 6) is 0. The van der Waals surface area contributed by atoms with Crippen LogP contribution < -0.4 is 0 Å². The molecule has 0 aromatic rings. The van der Waals surface area contributed by atoms with Crippen molar-refractivity contribution >= 4 is 0 Å². The smallest absolute Gasteiger partial charge is 0.387 e. The van der Waals surface area contributed by atoms with E-state index in [2.05, 4.69) is 0 Å². The predicted octanol–water partition coefficient (Wildman–Crippen LogP) is 2.95. The molecule has 0 rings (SSSR count). The molecule has 14 heteroatoms. The summed E-state index contributed by atoms with van der Waals surface area (Å²) in [5, 5.41) is 7.76. The molecule has 0 radical (unpaired) electrons. The van der Waals surface area contributed by atoms with Crippen molar-refractivity contribution in [2.45, 2.75) is 30.6 Å². The van der Waals surface area contributed by atoms with Crippen molar-refractivity contribution in [3.8, 4) is 0 Å². The molecule has 0 bridgehead atoms. The monoisotopic (exact) mass is 332 g/mol. The average molecular weight is 332 g/mol. The van der Waals surface area contributed by atoms with Crippen LogP contribution in [0.3, 0.4) is 0 Å². The Bertz CT molecular complexity index is 336. The Balaban J connectivity index is 5.22. The molecule has 0 aromatic heterocycles. The van der Waals surface area contributed by atoms with Crippen molar-refractivity contribution < 1.29 is 62.9 Å².